The molecule has 0 bridgehead atoms. The molecule has 31 heavy (non-hydrogen) atoms. The summed E-state index contributed by atoms with van der Waals surface area (Å²) in [7, 11) is 9.09. The van der Waals surface area contributed by atoms with Gasteiger partial charge in [0.05, 0.1) is 20.3 Å². The number of nitrogens with one attached hydrogen (secondary N) is 1. The van der Waals surface area contributed by atoms with Gasteiger partial charge in [-0.15, -0.1) is 24.0 Å². The van der Waals surface area contributed by atoms with Gasteiger partial charge in [0.15, 0.2) is 17.5 Å². The number of benzene rings is 2. The van der Waals surface area contributed by atoms with Gasteiger partial charge < -0.3 is 24.6 Å². The number of methoxy groups -OCH3 is 2. The maximum atomic E-state index is 13.7. The van der Waals surface area contributed by atoms with Crippen LogP contribution < -0.4 is 14.8 Å². The molecule has 0 saturated heterocycles. The maximum absolute atomic E-state index is 13.7. The fourth-order valence-electron chi connectivity index (χ4n) is 3.90. The van der Waals surface area contributed by atoms with Crippen LogP contribution in [0.3, 0.4) is 0 Å². The van der Waals surface area contributed by atoms with Crippen molar-refractivity contribution in [3.05, 3.63) is 58.9 Å². The van der Waals surface area contributed by atoms with Crippen molar-refractivity contribution in [2.24, 2.45) is 4.99 Å². The lowest BCUT2D eigenvalue weighted by Crippen LogP contribution is -2.46. The number of ether oxygens (including phenoxy) is 2. The Kier molecular flexibility index (Phi) is 9.36. The Labute approximate surface area is 201 Å². The van der Waals surface area contributed by atoms with Crippen molar-refractivity contribution >= 4 is 29.9 Å². The number of guanidine groups is 1. The van der Waals surface area contributed by atoms with E-state index >= 15 is 0 Å². The minimum Gasteiger partial charge on any atom is -0.493 e. The molecule has 0 radical (unpaired) electrons. The van der Waals surface area contributed by atoms with E-state index in [0.29, 0.717) is 6.54 Å². The van der Waals surface area contributed by atoms with Crippen molar-refractivity contribution in [3.63, 3.8) is 0 Å². The Hall–Kier alpha value is -2.07. The Bertz CT molecular complexity index is 907. The van der Waals surface area contributed by atoms with Gasteiger partial charge in [0.1, 0.15) is 5.82 Å². The predicted molar refractivity (Wildman–Crippen MR) is 133 cm³/mol. The molecule has 2 aromatic rings. The normalized spacial score (nSPS) is 14.5. The Morgan fingerprint density at radius 2 is 1.84 bits per heavy atom. The van der Waals surface area contributed by atoms with Crippen LogP contribution in [0.5, 0.6) is 11.5 Å². The summed E-state index contributed by atoms with van der Waals surface area (Å²) >= 11 is 0. The van der Waals surface area contributed by atoms with Crippen LogP contribution in [-0.4, -0.2) is 64.2 Å². The van der Waals surface area contributed by atoms with Crippen molar-refractivity contribution < 1.29 is 13.9 Å². The molecular formula is C23H32FIN4O2. The van der Waals surface area contributed by atoms with Gasteiger partial charge in [-0.3, -0.25) is 4.99 Å². The van der Waals surface area contributed by atoms with E-state index in [9.17, 15) is 4.39 Å². The molecule has 1 N–H and O–H groups in total. The number of fused-ring (bicyclic) bond motifs is 1. The van der Waals surface area contributed by atoms with E-state index in [1.54, 1.807) is 33.4 Å². The van der Waals surface area contributed by atoms with E-state index in [1.807, 2.05) is 26.2 Å². The van der Waals surface area contributed by atoms with Crippen molar-refractivity contribution in [1.82, 2.24) is 15.1 Å². The second kappa shape index (κ2) is 11.5. The lowest BCUT2D eigenvalue weighted by molar-refractivity contribution is 0.291. The highest BCUT2D eigenvalue weighted by atomic mass is 127. The first-order chi connectivity index (χ1) is 14.5. The lowest BCUT2D eigenvalue weighted by Gasteiger charge is -2.33. The summed E-state index contributed by atoms with van der Waals surface area (Å²) in [5.41, 5.74) is 3.41. The Balaban J connectivity index is 0.00000341. The molecule has 6 nitrogen and oxygen atoms in total. The predicted octanol–water partition coefficient (Wildman–Crippen LogP) is 3.70. The summed E-state index contributed by atoms with van der Waals surface area (Å²) in [6.07, 6.45) is 0.900. The minimum atomic E-state index is -0.222. The van der Waals surface area contributed by atoms with E-state index in [4.69, 9.17) is 9.47 Å². The molecule has 8 heteroatoms. The van der Waals surface area contributed by atoms with Crippen LogP contribution in [0.4, 0.5) is 4.39 Å². The molecule has 1 heterocycles. The first kappa shape index (κ1) is 25.2. The van der Waals surface area contributed by atoms with Gasteiger partial charge in [0.25, 0.3) is 0 Å². The van der Waals surface area contributed by atoms with E-state index in [-0.39, 0.29) is 35.8 Å². The first-order valence-corrected chi connectivity index (χ1v) is 10.1. The number of aliphatic imine (C=N–C) groups is 1. The second-order valence-corrected chi connectivity index (χ2v) is 7.61. The molecule has 170 valence electrons. The summed E-state index contributed by atoms with van der Waals surface area (Å²) in [4.78, 5) is 8.80. The zero-order valence-corrected chi connectivity index (χ0v) is 21.1. The Morgan fingerprint density at radius 3 is 2.42 bits per heavy atom. The van der Waals surface area contributed by atoms with Gasteiger partial charge in [-0.25, -0.2) is 4.39 Å². The molecule has 1 aliphatic heterocycles. The van der Waals surface area contributed by atoms with Gasteiger partial charge >= 0.3 is 0 Å². The van der Waals surface area contributed by atoms with Gasteiger partial charge in [-0.05, 0) is 61.5 Å². The number of hydrogen-bond acceptors (Lipinski definition) is 4. The van der Waals surface area contributed by atoms with Gasteiger partial charge in [0.2, 0.25) is 0 Å². The maximum Gasteiger partial charge on any atom is 0.194 e. The summed E-state index contributed by atoms with van der Waals surface area (Å²) in [5, 5.41) is 3.48. The second-order valence-electron chi connectivity index (χ2n) is 7.61. The highest BCUT2D eigenvalue weighted by Crippen LogP contribution is 2.33. The Morgan fingerprint density at radius 1 is 1.16 bits per heavy atom. The summed E-state index contributed by atoms with van der Waals surface area (Å²) in [5.74, 6) is 2.11. The third-order valence-electron chi connectivity index (χ3n) is 5.54. The summed E-state index contributed by atoms with van der Waals surface area (Å²) in [6.45, 7) is 2.22. The monoisotopic (exact) mass is 542 g/mol. The van der Waals surface area contributed by atoms with E-state index < -0.39 is 0 Å². The molecule has 0 amide bonds. The SMILES string of the molecule is CN=C(NCC(c1cccc(F)c1)N(C)C)N1CCc2cc(OC)c(OC)cc2C1.I. The van der Waals surface area contributed by atoms with Crippen LogP contribution in [-0.2, 0) is 13.0 Å². The van der Waals surface area contributed by atoms with Crippen LogP contribution in [0.15, 0.2) is 41.4 Å². The molecule has 3 rings (SSSR count). The number of nitrogens with zero attached hydrogens (tertiary/aromatic N) is 3. The quantitative estimate of drug-likeness (QED) is 0.343. The zero-order valence-electron chi connectivity index (χ0n) is 18.8. The molecular weight excluding hydrogens is 510 g/mol. The molecule has 0 fully saturated rings. The van der Waals surface area contributed by atoms with E-state index in [2.05, 4.69) is 26.2 Å². The largest absolute Gasteiger partial charge is 0.493 e. The van der Waals surface area contributed by atoms with Gasteiger partial charge in [0, 0.05) is 26.7 Å². The van der Waals surface area contributed by atoms with E-state index in [0.717, 1.165) is 42.5 Å². The number of rotatable bonds is 6. The highest BCUT2D eigenvalue weighted by molar-refractivity contribution is 14.0. The van der Waals surface area contributed by atoms with E-state index in [1.165, 1.54) is 17.2 Å². The fraction of sp³-hybridized carbons (Fsp3) is 0.435. The van der Waals surface area contributed by atoms with Crippen molar-refractivity contribution in [2.75, 3.05) is 48.5 Å². The molecule has 2 aromatic carbocycles. The van der Waals surface area contributed by atoms with Crippen molar-refractivity contribution in [2.45, 2.75) is 19.0 Å². The molecule has 0 aliphatic carbocycles. The van der Waals surface area contributed by atoms with Gasteiger partial charge in [-0.2, -0.15) is 0 Å². The van der Waals surface area contributed by atoms with Crippen LogP contribution in [0, 0.1) is 5.82 Å². The number of halogens is 2. The fourth-order valence-corrected chi connectivity index (χ4v) is 3.90. The number of likely N-dealkylation sites (N-methyl/N-ethyl adjacent to an activating group) is 1. The van der Waals surface area contributed by atoms with Crippen LogP contribution in [0.25, 0.3) is 0 Å². The molecule has 0 aromatic heterocycles. The topological polar surface area (TPSA) is 49.3 Å². The lowest BCUT2D eigenvalue weighted by atomic mass is 9.99. The van der Waals surface area contributed by atoms with Crippen LogP contribution >= 0.6 is 24.0 Å². The summed E-state index contributed by atoms with van der Waals surface area (Å²) < 4.78 is 24.6. The standard InChI is InChI=1S/C23H31FN4O2.HI/c1-25-23(26-14-20(27(2)3)17-7-6-8-19(24)11-17)28-10-9-16-12-21(29-4)22(30-5)13-18(16)15-28;/h6-8,11-13,20H,9-10,14-15H2,1-5H3,(H,25,26);1H. The van der Waals surface area contributed by atoms with Crippen LogP contribution in [0.2, 0.25) is 0 Å². The average molecular weight is 542 g/mol. The third-order valence-corrected chi connectivity index (χ3v) is 5.54. The zero-order chi connectivity index (χ0) is 21.7. The van der Waals surface area contributed by atoms with Crippen molar-refractivity contribution in [3.8, 4) is 11.5 Å². The minimum absolute atomic E-state index is 0. The molecule has 1 atom stereocenters. The first-order valence-electron chi connectivity index (χ1n) is 10.1. The van der Waals surface area contributed by atoms with Crippen LogP contribution in [0.1, 0.15) is 22.7 Å². The molecule has 0 spiro atoms. The third kappa shape index (κ3) is 6.00. The van der Waals surface area contributed by atoms with Gasteiger partial charge in [-0.1, -0.05) is 12.1 Å². The molecule has 1 unspecified atom stereocenters. The van der Waals surface area contributed by atoms with Crippen molar-refractivity contribution in [1.29, 1.82) is 0 Å². The number of hydrogen-bond donors (Lipinski definition) is 1. The molecule has 1 aliphatic rings. The molecule has 0 saturated carbocycles. The summed E-state index contributed by atoms with van der Waals surface area (Å²) in [6, 6.07) is 10.9. The average Bonchev–Trinajstić information content (AvgIpc) is 2.75. The highest BCUT2D eigenvalue weighted by Gasteiger charge is 2.23. The smallest absolute Gasteiger partial charge is 0.194 e.